The zero-order valence-electron chi connectivity index (χ0n) is 23.9. The van der Waals surface area contributed by atoms with Crippen LogP contribution in [0.2, 0.25) is 0 Å². The molecule has 45 heavy (non-hydrogen) atoms. The Morgan fingerprint density at radius 1 is 1.13 bits per heavy atom. The summed E-state index contributed by atoms with van der Waals surface area (Å²) in [7, 11) is -3.48. The molecule has 3 atom stereocenters. The summed E-state index contributed by atoms with van der Waals surface area (Å²) in [4.78, 5) is 14.7. The second kappa shape index (κ2) is 13.4. The second-order valence-corrected chi connectivity index (χ2v) is 12.7. The number of allylic oxidation sites excluding steroid dienone is 3. The lowest BCUT2D eigenvalue weighted by Crippen LogP contribution is -2.29. The third-order valence-electron chi connectivity index (χ3n) is 7.34. The fourth-order valence-corrected chi connectivity index (χ4v) is 5.83. The zero-order valence-corrected chi connectivity index (χ0v) is 24.7. The molecule has 0 spiro atoms. The van der Waals surface area contributed by atoms with Crippen molar-refractivity contribution in [1.29, 1.82) is 5.26 Å². The van der Waals surface area contributed by atoms with Gasteiger partial charge in [-0.05, 0) is 54.5 Å². The van der Waals surface area contributed by atoms with Crippen molar-refractivity contribution in [1.82, 2.24) is 5.32 Å². The maximum absolute atomic E-state index is 13.4. The Hall–Kier alpha value is -4.19. The van der Waals surface area contributed by atoms with Gasteiger partial charge < -0.3 is 19.7 Å². The number of hydrogen-bond donors (Lipinski definition) is 1. The summed E-state index contributed by atoms with van der Waals surface area (Å²) in [6.07, 6.45) is -6.52. The topological polar surface area (TPSA) is 109 Å². The van der Waals surface area contributed by atoms with Crippen LogP contribution in [-0.4, -0.2) is 51.8 Å². The number of ether oxygens (including phenoxy) is 2. The summed E-state index contributed by atoms with van der Waals surface area (Å²) in [5.41, 5.74) is 0.264. The van der Waals surface area contributed by atoms with E-state index in [0.717, 1.165) is 12.1 Å². The molecule has 242 valence electrons. The van der Waals surface area contributed by atoms with Crippen LogP contribution in [0.4, 0.5) is 32.0 Å². The molecule has 1 heterocycles. The standard InChI is InChI=1S/C30H29F6N3O5S/c1-2-45(41,42)24-10-3-19(4-11-24)25(13-15-37)38-28(40)20-5-12-26(27(17-20)44-30(34,35)36)39-16-14-23(18-39)43-22-8-6-21(7-9-22)29(31,32)33/h3-6,8-12,17,21,23,25H,2,7,13-14,16,18H2,1H3,(H,38,40)/t21?,23?,25-/m0/s1. The average molecular weight is 658 g/mol. The van der Waals surface area contributed by atoms with Gasteiger partial charge in [-0.1, -0.05) is 25.1 Å². The van der Waals surface area contributed by atoms with E-state index in [-0.39, 0.29) is 53.6 Å². The van der Waals surface area contributed by atoms with Gasteiger partial charge in [0.25, 0.3) is 5.91 Å². The lowest BCUT2D eigenvalue weighted by atomic mass is 10.00. The molecular weight excluding hydrogens is 628 g/mol. The van der Waals surface area contributed by atoms with Gasteiger partial charge in [-0.15, -0.1) is 13.2 Å². The van der Waals surface area contributed by atoms with Crippen LogP contribution >= 0.6 is 0 Å². The van der Waals surface area contributed by atoms with Gasteiger partial charge >= 0.3 is 12.5 Å². The van der Waals surface area contributed by atoms with Crippen molar-refractivity contribution in [2.24, 2.45) is 5.92 Å². The second-order valence-electron chi connectivity index (χ2n) is 10.4. The predicted molar refractivity (Wildman–Crippen MR) is 151 cm³/mol. The number of carbonyl (C=O) groups is 1. The highest BCUT2D eigenvalue weighted by Crippen LogP contribution is 2.38. The van der Waals surface area contributed by atoms with E-state index in [1.54, 1.807) is 4.90 Å². The number of halogens is 6. The number of nitrogens with one attached hydrogen (secondary N) is 1. The average Bonchev–Trinajstić information content (AvgIpc) is 3.44. The number of amides is 1. The first-order chi connectivity index (χ1) is 21.1. The molecule has 4 rings (SSSR count). The van der Waals surface area contributed by atoms with Crippen LogP contribution in [0, 0.1) is 17.2 Å². The molecule has 0 radical (unpaired) electrons. The fourth-order valence-electron chi connectivity index (χ4n) is 4.95. The molecule has 15 heteroatoms. The van der Waals surface area contributed by atoms with Gasteiger partial charge in [-0.25, -0.2) is 8.42 Å². The van der Waals surface area contributed by atoms with Gasteiger partial charge in [-0.2, -0.15) is 18.4 Å². The monoisotopic (exact) mass is 657 g/mol. The largest absolute Gasteiger partial charge is 0.573 e. The minimum atomic E-state index is -5.09. The molecule has 0 saturated carbocycles. The molecule has 1 aliphatic carbocycles. The van der Waals surface area contributed by atoms with Crippen molar-refractivity contribution in [3.05, 3.63) is 77.6 Å². The van der Waals surface area contributed by atoms with Crippen LogP contribution in [-0.2, 0) is 14.6 Å². The lowest BCUT2D eigenvalue weighted by molar-refractivity contribution is -0.274. The summed E-state index contributed by atoms with van der Waals surface area (Å²) >= 11 is 0. The molecule has 2 unspecified atom stereocenters. The molecule has 2 aliphatic rings. The van der Waals surface area contributed by atoms with E-state index in [1.165, 1.54) is 55.5 Å². The Bertz CT molecular complexity index is 1600. The number of nitriles is 1. The van der Waals surface area contributed by atoms with Crippen molar-refractivity contribution in [3.63, 3.8) is 0 Å². The number of benzene rings is 2. The number of rotatable bonds is 10. The molecule has 1 saturated heterocycles. The summed E-state index contributed by atoms with van der Waals surface area (Å²) in [5.74, 6) is -2.92. The molecule has 2 aromatic rings. The number of alkyl halides is 6. The van der Waals surface area contributed by atoms with Crippen molar-refractivity contribution in [2.45, 2.75) is 55.8 Å². The number of hydrogen-bond acceptors (Lipinski definition) is 7. The molecule has 0 aromatic heterocycles. The normalized spacial score (nSPS) is 19.4. The third kappa shape index (κ3) is 8.72. The summed E-state index contributed by atoms with van der Waals surface area (Å²) in [6, 6.07) is 10.1. The van der Waals surface area contributed by atoms with Crippen LogP contribution < -0.4 is 15.0 Å². The van der Waals surface area contributed by atoms with Crippen molar-refractivity contribution in [2.75, 3.05) is 23.7 Å². The number of nitrogens with zero attached hydrogens (tertiary/aromatic N) is 2. The summed E-state index contributed by atoms with van der Waals surface area (Å²) in [6.45, 7) is 1.85. The first-order valence-corrected chi connectivity index (χ1v) is 15.5. The third-order valence-corrected chi connectivity index (χ3v) is 9.10. The van der Waals surface area contributed by atoms with Gasteiger partial charge in [0.05, 0.1) is 47.3 Å². The minimum Gasteiger partial charge on any atom is -0.489 e. The highest BCUT2D eigenvalue weighted by molar-refractivity contribution is 7.91. The maximum atomic E-state index is 13.4. The van der Waals surface area contributed by atoms with Crippen LogP contribution in [0.1, 0.15) is 48.1 Å². The van der Waals surface area contributed by atoms with E-state index in [0.29, 0.717) is 12.0 Å². The first-order valence-electron chi connectivity index (χ1n) is 13.9. The number of anilines is 1. The van der Waals surface area contributed by atoms with Crippen LogP contribution in [0.25, 0.3) is 0 Å². The summed E-state index contributed by atoms with van der Waals surface area (Å²) < 4.78 is 113. The van der Waals surface area contributed by atoms with Crippen LogP contribution in [0.3, 0.4) is 0 Å². The van der Waals surface area contributed by atoms with E-state index in [4.69, 9.17) is 4.74 Å². The Labute approximate surface area is 255 Å². The molecule has 0 bridgehead atoms. The Morgan fingerprint density at radius 2 is 1.84 bits per heavy atom. The number of sulfone groups is 1. The quantitative estimate of drug-likeness (QED) is 0.296. The van der Waals surface area contributed by atoms with Crippen molar-refractivity contribution in [3.8, 4) is 11.8 Å². The molecule has 1 amide bonds. The van der Waals surface area contributed by atoms with E-state index in [9.17, 15) is 44.8 Å². The van der Waals surface area contributed by atoms with Gasteiger partial charge in [0.15, 0.2) is 15.6 Å². The van der Waals surface area contributed by atoms with Crippen molar-refractivity contribution < 1.29 is 49.0 Å². The SMILES string of the molecule is CCS(=O)(=O)c1ccc([C@H](CC#N)NC(=O)c2ccc(N3CCC(OC4=CCC(C(F)(F)F)C=C4)C3)c(OC(F)(F)F)c2)cc1. The van der Waals surface area contributed by atoms with Crippen LogP contribution in [0.5, 0.6) is 5.75 Å². The molecule has 1 aliphatic heterocycles. The van der Waals surface area contributed by atoms with Gasteiger partial charge in [-0.3, -0.25) is 4.79 Å². The van der Waals surface area contributed by atoms with E-state index in [2.05, 4.69) is 10.1 Å². The highest BCUT2D eigenvalue weighted by Gasteiger charge is 2.38. The molecule has 8 nitrogen and oxygen atoms in total. The zero-order chi connectivity index (χ0) is 33.0. The number of carbonyl (C=O) groups excluding carboxylic acids is 1. The van der Waals surface area contributed by atoms with Gasteiger partial charge in [0.2, 0.25) is 0 Å². The Kier molecular flexibility index (Phi) is 10.1. The molecular formula is C30H29F6N3O5S. The Morgan fingerprint density at radius 3 is 2.42 bits per heavy atom. The maximum Gasteiger partial charge on any atom is 0.573 e. The van der Waals surface area contributed by atoms with Crippen LogP contribution in [0.15, 0.2) is 71.3 Å². The highest BCUT2D eigenvalue weighted by atomic mass is 32.2. The molecule has 2 aromatic carbocycles. The summed E-state index contributed by atoms with van der Waals surface area (Å²) in [5, 5.41) is 11.9. The first kappa shape index (κ1) is 33.7. The molecule has 1 fully saturated rings. The predicted octanol–water partition coefficient (Wildman–Crippen LogP) is 6.38. The smallest absolute Gasteiger partial charge is 0.489 e. The van der Waals surface area contributed by atoms with Gasteiger partial charge in [0.1, 0.15) is 11.9 Å². The van der Waals surface area contributed by atoms with E-state index >= 15 is 0 Å². The van der Waals surface area contributed by atoms with Crippen molar-refractivity contribution >= 4 is 21.4 Å². The molecule has 1 N–H and O–H groups in total. The van der Waals surface area contributed by atoms with E-state index < -0.39 is 52.1 Å². The Balaban J connectivity index is 1.49. The minimum absolute atomic E-state index is 0.0292. The van der Waals surface area contributed by atoms with Gasteiger partial charge in [0, 0.05) is 18.5 Å². The fraction of sp³-hybridized carbons (Fsp3) is 0.400. The lowest BCUT2D eigenvalue weighted by Gasteiger charge is -2.24. The van der Waals surface area contributed by atoms with E-state index in [1.807, 2.05) is 6.07 Å².